The molecule has 0 atom stereocenters. The highest BCUT2D eigenvalue weighted by atomic mass is 32.2. The molecular weight excluding hydrogens is 406 g/mol. The first-order valence-corrected chi connectivity index (χ1v) is 10.4. The summed E-state index contributed by atoms with van der Waals surface area (Å²) in [6.07, 6.45) is 1.27. The SMILES string of the molecule is CCOC(=O)c1cnc(SCC(=O)Nc2ccccc2C(=O)NCC(C)C)nc1N. The standard InChI is InChI=1S/C20H25N5O4S/c1-4-29-19(28)14-10-23-20(25-17(14)21)30-11-16(26)24-15-8-6-5-7-13(15)18(27)22-9-12(2)3/h5-8,10,12H,4,9,11H2,1-3H3,(H,22,27)(H,24,26)(H2,21,23,25). The summed E-state index contributed by atoms with van der Waals surface area (Å²) in [6.45, 7) is 6.44. The van der Waals surface area contributed by atoms with Crippen molar-refractivity contribution in [2.24, 2.45) is 5.92 Å². The minimum atomic E-state index is -0.600. The number of nitrogens with zero attached hydrogens (tertiary/aromatic N) is 2. The molecule has 0 fully saturated rings. The van der Waals surface area contributed by atoms with Crippen LogP contribution in [0.3, 0.4) is 0 Å². The molecule has 2 rings (SSSR count). The zero-order valence-electron chi connectivity index (χ0n) is 17.1. The van der Waals surface area contributed by atoms with Crippen molar-refractivity contribution in [3.8, 4) is 0 Å². The summed E-state index contributed by atoms with van der Waals surface area (Å²) in [4.78, 5) is 44.5. The van der Waals surface area contributed by atoms with Crippen LogP contribution in [0.25, 0.3) is 0 Å². The van der Waals surface area contributed by atoms with Crippen LogP contribution in [-0.4, -0.2) is 46.7 Å². The van der Waals surface area contributed by atoms with Crippen molar-refractivity contribution in [3.05, 3.63) is 41.6 Å². The molecule has 1 aromatic heterocycles. The molecule has 2 aromatic rings. The minimum Gasteiger partial charge on any atom is -0.462 e. The number of thioether (sulfide) groups is 1. The number of amides is 2. The Hall–Kier alpha value is -3.14. The summed E-state index contributed by atoms with van der Waals surface area (Å²) in [5.41, 5.74) is 6.65. The van der Waals surface area contributed by atoms with Crippen LogP contribution in [0, 0.1) is 5.92 Å². The lowest BCUT2D eigenvalue weighted by Gasteiger charge is -2.12. The number of nitrogens with one attached hydrogen (secondary N) is 2. The van der Waals surface area contributed by atoms with Gasteiger partial charge >= 0.3 is 5.97 Å². The van der Waals surface area contributed by atoms with Gasteiger partial charge in [-0.25, -0.2) is 14.8 Å². The third-order valence-corrected chi connectivity index (χ3v) is 4.60. The zero-order chi connectivity index (χ0) is 22.1. The fraction of sp³-hybridized carbons (Fsp3) is 0.350. The van der Waals surface area contributed by atoms with Crippen LogP contribution in [-0.2, 0) is 9.53 Å². The molecule has 4 N–H and O–H groups in total. The van der Waals surface area contributed by atoms with Crippen molar-refractivity contribution in [1.82, 2.24) is 15.3 Å². The topological polar surface area (TPSA) is 136 Å². The smallest absolute Gasteiger partial charge is 0.343 e. The normalized spacial score (nSPS) is 10.5. The van der Waals surface area contributed by atoms with Gasteiger partial charge in [0, 0.05) is 12.7 Å². The Bertz CT molecular complexity index is 920. The fourth-order valence-corrected chi connectivity index (χ4v) is 2.93. The number of rotatable bonds is 9. The average Bonchev–Trinajstić information content (AvgIpc) is 2.71. The average molecular weight is 432 g/mol. The molecular formula is C20H25N5O4S. The highest BCUT2D eigenvalue weighted by Crippen LogP contribution is 2.19. The Labute approximate surface area is 179 Å². The molecule has 10 heteroatoms. The second-order valence-corrected chi connectivity index (χ2v) is 7.60. The number of nitrogen functional groups attached to an aromatic ring is 1. The van der Waals surface area contributed by atoms with Gasteiger partial charge in [-0.1, -0.05) is 37.7 Å². The van der Waals surface area contributed by atoms with Crippen molar-refractivity contribution >= 4 is 41.1 Å². The van der Waals surface area contributed by atoms with Gasteiger partial charge in [0.25, 0.3) is 5.91 Å². The fourth-order valence-electron chi connectivity index (χ4n) is 2.31. The zero-order valence-corrected chi connectivity index (χ0v) is 17.9. The third-order valence-electron chi connectivity index (χ3n) is 3.74. The first kappa shape index (κ1) is 23.1. The predicted octanol–water partition coefficient (Wildman–Crippen LogP) is 2.35. The van der Waals surface area contributed by atoms with Crippen LogP contribution in [0.15, 0.2) is 35.6 Å². The first-order valence-electron chi connectivity index (χ1n) is 9.41. The molecule has 0 aliphatic heterocycles. The summed E-state index contributed by atoms with van der Waals surface area (Å²) in [5, 5.41) is 5.81. The van der Waals surface area contributed by atoms with Crippen LogP contribution in [0.5, 0.6) is 0 Å². The first-order chi connectivity index (χ1) is 14.3. The summed E-state index contributed by atoms with van der Waals surface area (Å²) in [7, 11) is 0. The van der Waals surface area contributed by atoms with Crippen molar-refractivity contribution < 1.29 is 19.1 Å². The molecule has 1 heterocycles. The van der Waals surface area contributed by atoms with Gasteiger partial charge in [0.2, 0.25) is 5.91 Å². The van der Waals surface area contributed by atoms with E-state index in [-0.39, 0.29) is 40.7 Å². The Morgan fingerprint density at radius 2 is 1.93 bits per heavy atom. The molecule has 0 spiro atoms. The third kappa shape index (κ3) is 6.73. The lowest BCUT2D eigenvalue weighted by atomic mass is 10.1. The number of benzene rings is 1. The van der Waals surface area contributed by atoms with Crippen LogP contribution >= 0.6 is 11.8 Å². The highest BCUT2D eigenvalue weighted by molar-refractivity contribution is 7.99. The van der Waals surface area contributed by atoms with E-state index in [9.17, 15) is 14.4 Å². The van der Waals surface area contributed by atoms with Crippen molar-refractivity contribution in [2.45, 2.75) is 25.9 Å². The molecule has 0 radical (unpaired) electrons. The maximum Gasteiger partial charge on any atom is 0.343 e. The van der Waals surface area contributed by atoms with Gasteiger partial charge in [0.1, 0.15) is 11.4 Å². The van der Waals surface area contributed by atoms with Gasteiger partial charge in [-0.15, -0.1) is 0 Å². The molecule has 2 amide bonds. The number of para-hydroxylation sites is 1. The highest BCUT2D eigenvalue weighted by Gasteiger charge is 2.16. The van der Waals surface area contributed by atoms with E-state index in [1.54, 1.807) is 31.2 Å². The van der Waals surface area contributed by atoms with E-state index in [0.29, 0.717) is 23.7 Å². The molecule has 0 bridgehead atoms. The molecule has 9 nitrogen and oxygen atoms in total. The van der Waals surface area contributed by atoms with E-state index >= 15 is 0 Å². The Balaban J connectivity index is 1.98. The lowest BCUT2D eigenvalue weighted by molar-refractivity contribution is -0.113. The maximum absolute atomic E-state index is 12.4. The van der Waals surface area contributed by atoms with E-state index in [2.05, 4.69) is 20.6 Å². The molecule has 1 aromatic carbocycles. The summed E-state index contributed by atoms with van der Waals surface area (Å²) < 4.78 is 4.87. The number of hydrogen-bond donors (Lipinski definition) is 3. The lowest BCUT2D eigenvalue weighted by Crippen LogP contribution is -2.28. The van der Waals surface area contributed by atoms with Crippen LogP contribution in [0.1, 0.15) is 41.5 Å². The number of carbonyl (C=O) groups excluding carboxylic acids is 3. The number of esters is 1. The number of nitrogens with two attached hydrogens (primary N) is 1. The van der Waals surface area contributed by atoms with Gasteiger partial charge in [0.15, 0.2) is 5.16 Å². The molecule has 30 heavy (non-hydrogen) atoms. The van der Waals surface area contributed by atoms with Crippen LogP contribution in [0.4, 0.5) is 11.5 Å². The van der Waals surface area contributed by atoms with E-state index < -0.39 is 5.97 Å². The Morgan fingerprint density at radius 3 is 2.60 bits per heavy atom. The van der Waals surface area contributed by atoms with E-state index in [4.69, 9.17) is 10.5 Å². The Morgan fingerprint density at radius 1 is 1.20 bits per heavy atom. The number of hydrogen-bond acceptors (Lipinski definition) is 8. The maximum atomic E-state index is 12.4. The van der Waals surface area contributed by atoms with Crippen molar-refractivity contribution in [2.75, 3.05) is 30.0 Å². The number of ether oxygens (including phenoxy) is 1. The van der Waals surface area contributed by atoms with Crippen molar-refractivity contribution in [1.29, 1.82) is 0 Å². The van der Waals surface area contributed by atoms with E-state index in [1.165, 1.54) is 6.20 Å². The summed E-state index contributed by atoms with van der Waals surface area (Å²) in [5.74, 6) is -0.885. The predicted molar refractivity (Wildman–Crippen MR) is 115 cm³/mol. The van der Waals surface area contributed by atoms with E-state index in [0.717, 1.165) is 11.8 Å². The van der Waals surface area contributed by atoms with Crippen molar-refractivity contribution in [3.63, 3.8) is 0 Å². The van der Waals surface area contributed by atoms with Crippen LogP contribution in [0.2, 0.25) is 0 Å². The molecule has 0 unspecified atom stereocenters. The van der Waals surface area contributed by atoms with Gasteiger partial charge in [-0.05, 0) is 25.0 Å². The molecule has 160 valence electrons. The number of anilines is 2. The second kappa shape index (κ2) is 11.1. The van der Waals surface area contributed by atoms with Gasteiger partial charge in [0.05, 0.1) is 23.6 Å². The second-order valence-electron chi connectivity index (χ2n) is 6.66. The number of aromatic nitrogens is 2. The Kier molecular flexibility index (Phi) is 8.60. The largest absolute Gasteiger partial charge is 0.462 e. The minimum absolute atomic E-state index is 0.000139. The van der Waals surface area contributed by atoms with Gasteiger partial charge in [-0.3, -0.25) is 9.59 Å². The number of carbonyl (C=O) groups is 3. The monoisotopic (exact) mass is 431 g/mol. The van der Waals surface area contributed by atoms with Gasteiger partial charge < -0.3 is 21.1 Å². The molecule has 0 aliphatic rings. The molecule has 0 saturated carbocycles. The summed E-state index contributed by atoms with van der Waals surface area (Å²) in [6, 6.07) is 6.78. The molecule has 0 aliphatic carbocycles. The van der Waals surface area contributed by atoms with Gasteiger partial charge in [-0.2, -0.15) is 0 Å². The molecule has 0 saturated heterocycles. The van der Waals surface area contributed by atoms with E-state index in [1.807, 2.05) is 13.8 Å². The van der Waals surface area contributed by atoms with Crippen LogP contribution < -0.4 is 16.4 Å². The quantitative estimate of drug-likeness (QED) is 0.313. The summed E-state index contributed by atoms with van der Waals surface area (Å²) >= 11 is 1.06.